The Kier molecular flexibility index (Phi) is 4.88. The predicted molar refractivity (Wildman–Crippen MR) is 76.5 cm³/mol. The van der Waals surface area contributed by atoms with E-state index >= 15 is 0 Å². The van der Waals surface area contributed by atoms with Crippen molar-refractivity contribution in [3.63, 3.8) is 0 Å². The minimum Gasteiger partial charge on any atom is -0.476 e. The highest BCUT2D eigenvalue weighted by atomic mass is 16.5. The van der Waals surface area contributed by atoms with E-state index in [1.807, 2.05) is 6.07 Å². The van der Waals surface area contributed by atoms with Crippen molar-refractivity contribution in [2.75, 3.05) is 12.3 Å². The SMILES string of the molecule is CCCOc1nc(OC2CCC(C)CC2)ccc1N. The van der Waals surface area contributed by atoms with E-state index in [1.165, 1.54) is 12.8 Å². The molecule has 0 radical (unpaired) electrons. The molecular formula is C15H24N2O2. The number of pyridine rings is 1. The molecule has 0 aliphatic heterocycles. The number of ether oxygens (including phenoxy) is 2. The molecule has 1 fully saturated rings. The summed E-state index contributed by atoms with van der Waals surface area (Å²) in [5.74, 6) is 1.94. The van der Waals surface area contributed by atoms with Gasteiger partial charge in [-0.2, -0.15) is 4.98 Å². The summed E-state index contributed by atoms with van der Waals surface area (Å²) in [6, 6.07) is 3.63. The smallest absolute Gasteiger partial charge is 0.240 e. The number of hydrogen-bond acceptors (Lipinski definition) is 4. The van der Waals surface area contributed by atoms with Gasteiger partial charge >= 0.3 is 0 Å². The minimum atomic E-state index is 0.284. The molecule has 4 heteroatoms. The van der Waals surface area contributed by atoms with Crippen LogP contribution in [0.4, 0.5) is 5.69 Å². The van der Waals surface area contributed by atoms with Crippen LogP contribution in [0.5, 0.6) is 11.8 Å². The van der Waals surface area contributed by atoms with Gasteiger partial charge in [-0.3, -0.25) is 0 Å². The van der Waals surface area contributed by atoms with Crippen molar-refractivity contribution < 1.29 is 9.47 Å². The van der Waals surface area contributed by atoms with Gasteiger partial charge in [-0.05, 0) is 44.1 Å². The number of anilines is 1. The van der Waals surface area contributed by atoms with Crippen LogP contribution in [0.1, 0.15) is 46.0 Å². The highest BCUT2D eigenvalue weighted by Gasteiger charge is 2.20. The van der Waals surface area contributed by atoms with Gasteiger partial charge in [0.15, 0.2) is 0 Å². The Bertz CT molecular complexity index is 401. The largest absolute Gasteiger partial charge is 0.476 e. The van der Waals surface area contributed by atoms with Crippen LogP contribution < -0.4 is 15.2 Å². The zero-order chi connectivity index (χ0) is 13.7. The van der Waals surface area contributed by atoms with E-state index in [1.54, 1.807) is 6.07 Å². The molecular weight excluding hydrogens is 240 g/mol. The Morgan fingerprint density at radius 3 is 2.68 bits per heavy atom. The number of nitrogens with zero attached hydrogens (tertiary/aromatic N) is 1. The fourth-order valence-electron chi connectivity index (χ4n) is 2.33. The molecule has 106 valence electrons. The second-order valence-electron chi connectivity index (χ2n) is 5.39. The molecule has 4 nitrogen and oxygen atoms in total. The molecule has 1 saturated carbocycles. The Morgan fingerprint density at radius 1 is 1.26 bits per heavy atom. The summed E-state index contributed by atoms with van der Waals surface area (Å²) < 4.78 is 11.4. The molecule has 2 rings (SSSR count). The number of aromatic nitrogens is 1. The quantitative estimate of drug-likeness (QED) is 0.885. The highest BCUT2D eigenvalue weighted by Crippen LogP contribution is 2.28. The standard InChI is InChI=1S/C15H24N2O2/c1-3-10-18-15-13(16)8-9-14(17-15)19-12-6-4-11(2)5-7-12/h8-9,11-12H,3-7,10,16H2,1-2H3. The maximum Gasteiger partial charge on any atom is 0.240 e. The summed E-state index contributed by atoms with van der Waals surface area (Å²) in [4.78, 5) is 4.35. The third kappa shape index (κ3) is 4.01. The molecule has 0 unspecified atom stereocenters. The van der Waals surface area contributed by atoms with Crippen LogP contribution in [0.15, 0.2) is 12.1 Å². The number of nitrogens with two attached hydrogens (primary N) is 1. The molecule has 0 atom stereocenters. The molecule has 0 saturated heterocycles. The minimum absolute atomic E-state index is 0.284. The van der Waals surface area contributed by atoms with E-state index in [0.717, 1.165) is 25.2 Å². The first-order valence-electron chi connectivity index (χ1n) is 7.25. The van der Waals surface area contributed by atoms with E-state index < -0.39 is 0 Å². The lowest BCUT2D eigenvalue weighted by Crippen LogP contribution is -2.23. The lowest BCUT2D eigenvalue weighted by molar-refractivity contribution is 0.129. The average Bonchev–Trinajstić information content (AvgIpc) is 2.42. The number of nitrogen functional groups attached to an aromatic ring is 1. The van der Waals surface area contributed by atoms with Gasteiger partial charge in [-0.15, -0.1) is 0 Å². The second-order valence-corrected chi connectivity index (χ2v) is 5.39. The third-order valence-corrected chi connectivity index (χ3v) is 3.56. The van der Waals surface area contributed by atoms with Crippen molar-refractivity contribution in [2.24, 2.45) is 5.92 Å². The van der Waals surface area contributed by atoms with Crippen molar-refractivity contribution in [3.05, 3.63) is 12.1 Å². The van der Waals surface area contributed by atoms with Crippen molar-refractivity contribution >= 4 is 5.69 Å². The normalized spacial score (nSPS) is 23.1. The zero-order valence-electron chi connectivity index (χ0n) is 11.9. The first kappa shape index (κ1) is 14.0. The summed E-state index contributed by atoms with van der Waals surface area (Å²) in [7, 11) is 0. The predicted octanol–water partition coefficient (Wildman–Crippen LogP) is 3.41. The van der Waals surface area contributed by atoms with Crippen LogP contribution in [-0.4, -0.2) is 17.7 Å². The molecule has 1 aromatic rings. The van der Waals surface area contributed by atoms with Gasteiger partial charge in [-0.25, -0.2) is 0 Å². The molecule has 1 aliphatic carbocycles. The molecule has 1 aliphatic rings. The summed E-state index contributed by atoms with van der Waals surface area (Å²) in [6.07, 6.45) is 5.91. The topological polar surface area (TPSA) is 57.4 Å². The first-order chi connectivity index (χ1) is 9.19. The van der Waals surface area contributed by atoms with E-state index in [0.29, 0.717) is 24.1 Å². The molecule has 0 spiro atoms. The molecule has 1 aromatic heterocycles. The van der Waals surface area contributed by atoms with Crippen LogP contribution in [0, 0.1) is 5.92 Å². The van der Waals surface area contributed by atoms with Crippen molar-refractivity contribution in [2.45, 2.75) is 52.1 Å². The fraction of sp³-hybridized carbons (Fsp3) is 0.667. The van der Waals surface area contributed by atoms with Gasteiger partial charge in [0, 0.05) is 6.07 Å². The van der Waals surface area contributed by atoms with Crippen molar-refractivity contribution in [1.82, 2.24) is 4.98 Å². The van der Waals surface area contributed by atoms with E-state index in [2.05, 4.69) is 18.8 Å². The van der Waals surface area contributed by atoms with Gasteiger partial charge in [0.25, 0.3) is 0 Å². The molecule has 19 heavy (non-hydrogen) atoms. The van der Waals surface area contributed by atoms with Crippen LogP contribution in [0.2, 0.25) is 0 Å². The fourth-order valence-corrected chi connectivity index (χ4v) is 2.33. The van der Waals surface area contributed by atoms with Crippen molar-refractivity contribution in [1.29, 1.82) is 0 Å². The van der Waals surface area contributed by atoms with Crippen LogP contribution in [-0.2, 0) is 0 Å². The summed E-state index contributed by atoms with van der Waals surface area (Å²) in [6.45, 7) is 4.98. The number of hydrogen-bond donors (Lipinski definition) is 1. The van der Waals surface area contributed by atoms with Gasteiger partial charge in [0.2, 0.25) is 11.8 Å². The second kappa shape index (κ2) is 6.64. The monoisotopic (exact) mass is 264 g/mol. The lowest BCUT2D eigenvalue weighted by atomic mass is 9.89. The molecule has 0 bridgehead atoms. The van der Waals surface area contributed by atoms with Crippen LogP contribution in [0.3, 0.4) is 0 Å². The highest BCUT2D eigenvalue weighted by molar-refractivity contribution is 5.49. The summed E-state index contributed by atoms with van der Waals surface area (Å²) in [5, 5.41) is 0. The van der Waals surface area contributed by atoms with Crippen LogP contribution >= 0.6 is 0 Å². The van der Waals surface area contributed by atoms with E-state index in [9.17, 15) is 0 Å². The molecule has 0 amide bonds. The third-order valence-electron chi connectivity index (χ3n) is 3.56. The molecule has 1 heterocycles. The summed E-state index contributed by atoms with van der Waals surface area (Å²) in [5.41, 5.74) is 6.41. The Labute approximate surface area is 115 Å². The van der Waals surface area contributed by atoms with Gasteiger partial charge in [0.1, 0.15) is 6.10 Å². The average molecular weight is 264 g/mol. The van der Waals surface area contributed by atoms with Gasteiger partial charge in [-0.1, -0.05) is 13.8 Å². The van der Waals surface area contributed by atoms with Gasteiger partial charge in [0.05, 0.1) is 12.3 Å². The van der Waals surface area contributed by atoms with E-state index in [-0.39, 0.29) is 6.10 Å². The first-order valence-corrected chi connectivity index (χ1v) is 7.25. The lowest BCUT2D eigenvalue weighted by Gasteiger charge is -2.26. The van der Waals surface area contributed by atoms with Gasteiger partial charge < -0.3 is 15.2 Å². The van der Waals surface area contributed by atoms with Crippen molar-refractivity contribution in [3.8, 4) is 11.8 Å². The zero-order valence-corrected chi connectivity index (χ0v) is 11.9. The number of rotatable bonds is 5. The van der Waals surface area contributed by atoms with E-state index in [4.69, 9.17) is 15.2 Å². The maximum atomic E-state index is 5.93. The maximum absolute atomic E-state index is 5.93. The Balaban J connectivity index is 1.96. The summed E-state index contributed by atoms with van der Waals surface area (Å²) >= 11 is 0. The van der Waals surface area contributed by atoms with Crippen LogP contribution in [0.25, 0.3) is 0 Å². The Hall–Kier alpha value is -1.45. The molecule has 0 aromatic carbocycles. The molecule has 2 N–H and O–H groups in total. The Morgan fingerprint density at radius 2 is 2.00 bits per heavy atom.